The number of rotatable bonds is 25. The maximum atomic E-state index is 13.7. The van der Waals surface area contributed by atoms with Crippen LogP contribution < -0.4 is 10.6 Å². The van der Waals surface area contributed by atoms with Crippen LogP contribution in [0.15, 0.2) is 0 Å². The number of carbonyl (C=O) groups is 6. The number of alkyl carbamates (subject to hydrolysis) is 2. The maximum absolute atomic E-state index is 13.7. The van der Waals surface area contributed by atoms with Crippen LogP contribution in [0.3, 0.4) is 0 Å². The predicted octanol–water partition coefficient (Wildman–Crippen LogP) is 5.56. The molecule has 14 atom stereocenters. The Morgan fingerprint density at radius 1 is 0.538 bits per heavy atom. The van der Waals surface area contributed by atoms with Crippen LogP contribution in [0.25, 0.3) is 0 Å². The van der Waals surface area contributed by atoms with Crippen molar-refractivity contribution in [1.82, 2.24) is 30.2 Å². The Kier molecular flexibility index (Phi) is 20.0. The van der Waals surface area contributed by atoms with Crippen molar-refractivity contribution < 1.29 is 86.2 Å². The van der Waals surface area contributed by atoms with E-state index in [4.69, 9.17) is 57.4 Å². The first-order valence-corrected chi connectivity index (χ1v) is 28.7. The van der Waals surface area contributed by atoms with Gasteiger partial charge in [-0.2, -0.15) is 0 Å². The molecule has 24 heteroatoms. The Hall–Kier alpha value is -4.30. The lowest BCUT2D eigenvalue weighted by Crippen LogP contribution is -2.75. The number of likely N-dealkylation sites (tertiary alicyclic amines) is 2. The number of nitrogens with zero attached hydrogens (tertiary/aromatic N) is 4. The quantitative estimate of drug-likeness (QED) is 0.0645. The number of unbranched alkanes of at least 4 members (excludes halogenated alkanes) is 1. The van der Waals surface area contributed by atoms with Crippen LogP contribution in [-0.4, -0.2) is 197 Å². The van der Waals surface area contributed by atoms with Crippen LogP contribution in [0.5, 0.6) is 0 Å². The Balaban J connectivity index is 0.657. The molecule has 4 bridgehead atoms. The molecule has 78 heavy (non-hydrogen) atoms. The molecule has 2 saturated carbocycles. The fourth-order valence-corrected chi connectivity index (χ4v) is 14.2. The number of piperidine rings is 2. The number of ether oxygens (including phenoxy) is 8. The molecule has 0 radical (unpaired) electrons. The molecule has 442 valence electrons. The van der Waals surface area contributed by atoms with Gasteiger partial charge in [0, 0.05) is 88.9 Å². The normalized spacial score (nSPS) is 35.4. The summed E-state index contributed by atoms with van der Waals surface area (Å²) in [6.07, 6.45) is 5.56. The number of hydrogen-bond acceptors (Lipinski definition) is 18. The number of amides is 6. The molecule has 10 fully saturated rings. The summed E-state index contributed by atoms with van der Waals surface area (Å²) in [7, 11) is 2.60. The van der Waals surface area contributed by atoms with Gasteiger partial charge in [0.2, 0.25) is 23.4 Å². The highest BCUT2D eigenvalue weighted by atomic mass is 17.3. The molecule has 0 aromatic carbocycles. The van der Waals surface area contributed by atoms with Gasteiger partial charge >= 0.3 is 24.4 Å². The summed E-state index contributed by atoms with van der Waals surface area (Å²) in [5, 5.41) is 5.40. The van der Waals surface area contributed by atoms with E-state index in [1.807, 2.05) is 27.7 Å². The molecule has 10 aliphatic rings. The SMILES string of the molecule is COC(=O)N(CCCCN(CCCNC(=O)OCCOCCN1C(=O)[C@H](C)[C@@H]2CC[C@@H](C)[C@@H]3CC[C@@]4(C)OO[C@]32[C@H]1O4)C(=O)OC)CCCNC(=O)OCCOCCN1C(=O)[C@H](C)[C@@H]2CC[C@@H](C)[C@@H]3CC[C@@]4(C)OO[C@]32[C@H]1O4. The van der Waals surface area contributed by atoms with E-state index in [1.54, 1.807) is 9.80 Å². The largest absolute Gasteiger partial charge is 0.453 e. The van der Waals surface area contributed by atoms with Gasteiger partial charge in [0.05, 0.1) is 40.6 Å². The lowest BCUT2D eigenvalue weighted by atomic mass is 9.57. The summed E-state index contributed by atoms with van der Waals surface area (Å²) in [4.78, 5) is 109. The third-order valence-corrected chi connectivity index (χ3v) is 18.3. The van der Waals surface area contributed by atoms with Gasteiger partial charge in [0.15, 0.2) is 23.7 Å². The first-order valence-electron chi connectivity index (χ1n) is 28.7. The molecular weight excluding hydrogens is 1020 g/mol. The van der Waals surface area contributed by atoms with Crippen molar-refractivity contribution in [1.29, 1.82) is 0 Å². The van der Waals surface area contributed by atoms with E-state index in [0.29, 0.717) is 89.6 Å². The van der Waals surface area contributed by atoms with Crippen LogP contribution in [0, 0.1) is 47.3 Å². The van der Waals surface area contributed by atoms with Gasteiger partial charge in [-0.1, -0.05) is 27.7 Å². The average Bonchev–Trinajstić information content (AvgIpc) is 3.73. The van der Waals surface area contributed by atoms with Crippen LogP contribution in [0.4, 0.5) is 19.2 Å². The van der Waals surface area contributed by atoms with Crippen molar-refractivity contribution in [2.24, 2.45) is 47.3 Å². The van der Waals surface area contributed by atoms with Crippen molar-refractivity contribution in [3.63, 3.8) is 0 Å². The third kappa shape index (κ3) is 12.6. The molecule has 0 aromatic heterocycles. The number of nitrogens with one attached hydrogen (secondary N) is 2. The minimum absolute atomic E-state index is 0.00241. The lowest BCUT2D eigenvalue weighted by molar-refractivity contribution is -0.548. The van der Waals surface area contributed by atoms with Crippen molar-refractivity contribution in [3.8, 4) is 0 Å². The van der Waals surface area contributed by atoms with Gasteiger partial charge in [-0.15, -0.1) is 0 Å². The van der Waals surface area contributed by atoms with Gasteiger partial charge < -0.3 is 68.1 Å². The Bertz CT molecular complexity index is 1950. The zero-order chi connectivity index (χ0) is 55.8. The van der Waals surface area contributed by atoms with Crippen LogP contribution >= 0.6 is 0 Å². The van der Waals surface area contributed by atoms with E-state index >= 15 is 0 Å². The Labute approximate surface area is 458 Å². The van der Waals surface area contributed by atoms with Crippen molar-refractivity contribution in [2.75, 3.05) is 106 Å². The number of methoxy groups -OCH3 is 2. The molecule has 2 aliphatic carbocycles. The predicted molar refractivity (Wildman–Crippen MR) is 274 cm³/mol. The fraction of sp³-hybridized carbons (Fsp3) is 0.889. The molecule has 6 amide bonds. The van der Waals surface area contributed by atoms with Crippen LogP contribution in [0.2, 0.25) is 0 Å². The first-order chi connectivity index (χ1) is 37.4. The summed E-state index contributed by atoms with van der Waals surface area (Å²) in [5.41, 5.74) is -1.46. The zero-order valence-corrected chi connectivity index (χ0v) is 47.3. The summed E-state index contributed by atoms with van der Waals surface area (Å²) in [6.45, 7) is 15.3. The van der Waals surface area contributed by atoms with E-state index in [9.17, 15) is 28.8 Å². The second kappa shape index (κ2) is 26.1. The third-order valence-electron chi connectivity index (χ3n) is 18.3. The number of hydrogen-bond donors (Lipinski definition) is 2. The molecule has 24 nitrogen and oxygen atoms in total. The number of fused-ring (bicyclic) bond motifs is 4. The molecular formula is C54H88N6O18. The van der Waals surface area contributed by atoms with Gasteiger partial charge in [-0.25, -0.2) is 38.7 Å². The molecule has 8 aliphatic heterocycles. The van der Waals surface area contributed by atoms with Gasteiger partial charge in [0.25, 0.3) is 0 Å². The summed E-state index contributed by atoms with van der Waals surface area (Å²) in [6, 6.07) is 0. The van der Waals surface area contributed by atoms with Crippen LogP contribution in [-0.2, 0) is 67.0 Å². The molecule has 0 aromatic rings. The molecule has 2 spiro atoms. The minimum Gasteiger partial charge on any atom is -0.453 e. The van der Waals surface area contributed by atoms with E-state index in [0.717, 1.165) is 38.5 Å². The highest BCUT2D eigenvalue weighted by Crippen LogP contribution is 2.62. The number of carbonyl (C=O) groups excluding carboxylic acids is 6. The smallest absolute Gasteiger partial charge is 0.409 e. The zero-order valence-electron chi connectivity index (χ0n) is 47.3. The lowest BCUT2D eigenvalue weighted by Gasteiger charge is -2.61. The molecule has 2 N–H and O–H groups in total. The van der Waals surface area contributed by atoms with Gasteiger partial charge in [-0.05, 0) is 102 Å². The van der Waals surface area contributed by atoms with E-state index in [1.165, 1.54) is 24.0 Å². The minimum atomic E-state index is -0.933. The van der Waals surface area contributed by atoms with E-state index in [-0.39, 0.29) is 100 Å². The molecule has 8 heterocycles. The maximum Gasteiger partial charge on any atom is 0.409 e. The fourth-order valence-electron chi connectivity index (χ4n) is 14.2. The van der Waals surface area contributed by atoms with E-state index in [2.05, 4.69) is 24.5 Å². The topological polar surface area (TPSA) is 250 Å². The Morgan fingerprint density at radius 2 is 0.936 bits per heavy atom. The Morgan fingerprint density at radius 3 is 1.33 bits per heavy atom. The second-order valence-corrected chi connectivity index (χ2v) is 23.2. The standard InChI is InChI=1S/C54H88N6O18/c1-35-13-15-41-37(3)43(61)59(45-53(41)39(35)17-19-51(5,73-45)75-77-53)27-29-69-31-33-71-47(63)55-21-11-25-57(49(65)67-7)23-9-10-24-58(50(66)68-8)26-12-22-56-48(64)72-34-32-70-30-28-60-44(62)38(4)42-16-14-36(2)40-18-20-52(6)74-46(60)54(40,42)78-76-52/h35-42,45-46H,9-34H2,1-8H3,(H,55,63)(H,56,64)/t35-,36-,37-,38-,39+,40+,41+,42+,45-,46-,51-,52-,53-,54-/m1/s1. The first kappa shape index (κ1) is 59.8. The molecule has 8 saturated heterocycles. The summed E-state index contributed by atoms with van der Waals surface area (Å²) < 4.78 is 45.4. The highest BCUT2D eigenvalue weighted by Gasteiger charge is 2.72. The van der Waals surface area contributed by atoms with Crippen molar-refractivity contribution in [3.05, 3.63) is 0 Å². The van der Waals surface area contributed by atoms with Gasteiger partial charge in [0.1, 0.15) is 13.2 Å². The second-order valence-electron chi connectivity index (χ2n) is 23.2. The summed E-state index contributed by atoms with van der Waals surface area (Å²) in [5.74, 6) is -1.10. The molecule has 10 rings (SSSR count). The average molecular weight is 1110 g/mol. The highest BCUT2D eigenvalue weighted by molar-refractivity contribution is 5.81. The van der Waals surface area contributed by atoms with E-state index < -0.39 is 59.6 Å². The summed E-state index contributed by atoms with van der Waals surface area (Å²) >= 11 is 0. The van der Waals surface area contributed by atoms with Crippen molar-refractivity contribution in [2.45, 2.75) is 154 Å². The molecule has 0 unspecified atom stereocenters. The van der Waals surface area contributed by atoms with Crippen molar-refractivity contribution >= 4 is 36.2 Å². The van der Waals surface area contributed by atoms with Crippen LogP contribution in [0.1, 0.15) is 119 Å². The monoisotopic (exact) mass is 1110 g/mol. The van der Waals surface area contributed by atoms with Gasteiger partial charge in [-0.3, -0.25) is 9.59 Å².